The van der Waals surface area contributed by atoms with Crippen LogP contribution in [0.4, 0.5) is 0 Å². The van der Waals surface area contributed by atoms with Crippen molar-refractivity contribution >= 4 is 44.5 Å². The quantitative estimate of drug-likeness (QED) is 0.128. The Morgan fingerprint density at radius 3 is 1.25 bits per heavy atom. The average Bonchev–Trinajstić information content (AvgIpc) is 3.08. The third-order valence-corrected chi connectivity index (χ3v) is 18.5. The summed E-state index contributed by atoms with van der Waals surface area (Å²) < 4.78 is 11.5. The van der Waals surface area contributed by atoms with Crippen LogP contribution in [0.1, 0.15) is 84.0 Å². The number of carbonyl (C=O) groups excluding carboxylic acids is 3. The van der Waals surface area contributed by atoms with Crippen molar-refractivity contribution in [1.82, 2.24) is 0 Å². The van der Waals surface area contributed by atoms with Crippen LogP contribution in [0.5, 0.6) is 0 Å². The number of aliphatic imine (C=N–C) groups is 3. The SMILES string of the molecule is CC[P+](=O)C1CCC(N=C=O)CC1.O=C=NC1CCC([Si](c2ccccc2)(c2ccccc2)C2CCC(N=C=O)CC2)CC1. The second kappa shape index (κ2) is 17.4. The molecule has 0 N–H and O–H groups in total. The molecule has 3 aliphatic rings. The second-order valence-corrected chi connectivity index (χ2v) is 19.2. The standard InChI is InChI=1S/C26H30N2O2Si.C9H15NO2P/c29-19-27-21-11-15-25(16-12-21)31(23-7-3-1-4-8-23,24-9-5-2-6-10-24)26-17-13-22(14-18-26)28-20-30;1-2-13(12)9-5-3-8(4-6-9)10-7-11/h1-10,21-22,25-26H,11-18H2;8-9H,2-6H2,1H3/q;+1. The molecule has 5 rings (SSSR count). The van der Waals surface area contributed by atoms with E-state index in [4.69, 9.17) is 0 Å². The van der Waals surface area contributed by atoms with E-state index in [0.717, 1.165) is 83.2 Å². The maximum Gasteiger partial charge on any atom is 0.341 e. The number of rotatable bonds is 9. The van der Waals surface area contributed by atoms with Crippen molar-refractivity contribution in [2.75, 3.05) is 6.16 Å². The monoisotopic (exact) mass is 630 g/mol. The van der Waals surface area contributed by atoms with E-state index in [1.807, 2.05) is 6.92 Å². The van der Waals surface area contributed by atoms with Crippen molar-refractivity contribution in [3.8, 4) is 0 Å². The molecular formula is C35H45N3O4PSi+. The maximum absolute atomic E-state index is 11.5. The summed E-state index contributed by atoms with van der Waals surface area (Å²) in [5.41, 5.74) is 1.61. The van der Waals surface area contributed by atoms with E-state index in [1.165, 1.54) is 10.4 Å². The summed E-state index contributed by atoms with van der Waals surface area (Å²) in [5.74, 6) is 0. The molecule has 0 radical (unpaired) electrons. The van der Waals surface area contributed by atoms with Crippen LogP contribution in [0, 0.1) is 0 Å². The summed E-state index contributed by atoms with van der Waals surface area (Å²) in [7, 11) is -3.15. The zero-order valence-electron chi connectivity index (χ0n) is 25.9. The van der Waals surface area contributed by atoms with Crippen LogP contribution in [0.15, 0.2) is 75.6 Å². The van der Waals surface area contributed by atoms with E-state index < -0.39 is 15.9 Å². The Morgan fingerprint density at radius 1 is 0.591 bits per heavy atom. The highest BCUT2D eigenvalue weighted by atomic mass is 31.1. The largest absolute Gasteiger partial charge is 0.341 e. The summed E-state index contributed by atoms with van der Waals surface area (Å²) in [6, 6.07) is 22.8. The molecule has 9 heteroatoms. The van der Waals surface area contributed by atoms with E-state index >= 15 is 0 Å². The molecule has 0 saturated heterocycles. The summed E-state index contributed by atoms with van der Waals surface area (Å²) >= 11 is 0. The molecule has 3 saturated carbocycles. The molecule has 44 heavy (non-hydrogen) atoms. The van der Waals surface area contributed by atoms with Gasteiger partial charge < -0.3 is 0 Å². The summed E-state index contributed by atoms with van der Waals surface area (Å²) in [6.07, 6.45) is 18.0. The average molecular weight is 631 g/mol. The Kier molecular flexibility index (Phi) is 13.4. The van der Waals surface area contributed by atoms with E-state index in [0.29, 0.717) is 16.7 Å². The summed E-state index contributed by atoms with van der Waals surface area (Å²) in [5, 5.41) is 3.04. The van der Waals surface area contributed by atoms with Crippen LogP contribution in [0.2, 0.25) is 11.1 Å². The fourth-order valence-corrected chi connectivity index (χ4v) is 16.4. The molecular weight excluding hydrogens is 585 g/mol. The lowest BCUT2D eigenvalue weighted by atomic mass is 9.94. The number of isocyanates is 3. The lowest BCUT2D eigenvalue weighted by Gasteiger charge is -2.49. The van der Waals surface area contributed by atoms with E-state index in [2.05, 4.69) is 75.6 Å². The Morgan fingerprint density at radius 2 is 0.932 bits per heavy atom. The van der Waals surface area contributed by atoms with Crippen LogP contribution in [-0.4, -0.2) is 56.3 Å². The van der Waals surface area contributed by atoms with Gasteiger partial charge in [0, 0.05) is 0 Å². The van der Waals surface area contributed by atoms with Crippen molar-refractivity contribution in [3.63, 3.8) is 0 Å². The van der Waals surface area contributed by atoms with Gasteiger partial charge in [0.2, 0.25) is 18.2 Å². The molecule has 3 fully saturated rings. The first-order valence-corrected chi connectivity index (χ1v) is 20.0. The second-order valence-electron chi connectivity index (χ2n) is 12.5. The van der Waals surface area contributed by atoms with Crippen LogP contribution in [0.3, 0.4) is 0 Å². The maximum atomic E-state index is 11.5. The number of benzene rings is 2. The van der Waals surface area contributed by atoms with Gasteiger partial charge in [-0.25, -0.2) is 29.4 Å². The zero-order chi connectivity index (χ0) is 31.2. The van der Waals surface area contributed by atoms with Crippen molar-refractivity contribution in [3.05, 3.63) is 60.7 Å². The molecule has 0 bridgehead atoms. The first kappa shape index (κ1) is 33.8. The normalized spacial score (nSPS) is 27.2. The fraction of sp³-hybridized carbons (Fsp3) is 0.571. The Balaban J connectivity index is 0.000000285. The molecule has 2 aromatic carbocycles. The Labute approximate surface area is 263 Å². The van der Waals surface area contributed by atoms with Gasteiger partial charge in [-0.3, -0.25) is 0 Å². The molecule has 0 amide bonds. The highest BCUT2D eigenvalue weighted by molar-refractivity contribution is 7.45. The Bertz CT molecular complexity index is 1250. The van der Waals surface area contributed by atoms with Gasteiger partial charge in [-0.2, -0.15) is 0 Å². The first-order chi connectivity index (χ1) is 21.6. The topological polar surface area (TPSA) is 105 Å². The predicted octanol–water partition coefficient (Wildman–Crippen LogP) is 7.03. The minimum Gasteiger partial charge on any atom is -0.211 e. The minimum atomic E-state index is -2.13. The summed E-state index contributed by atoms with van der Waals surface area (Å²) in [4.78, 5) is 43.4. The number of hydrogen-bond acceptors (Lipinski definition) is 7. The number of nitrogens with zero attached hydrogens (tertiary/aromatic N) is 3. The van der Waals surface area contributed by atoms with Crippen LogP contribution >= 0.6 is 7.80 Å². The van der Waals surface area contributed by atoms with E-state index in [1.54, 1.807) is 18.2 Å². The molecule has 3 aliphatic carbocycles. The Hall–Kier alpha value is -3.10. The molecule has 0 aliphatic heterocycles. The van der Waals surface area contributed by atoms with Crippen LogP contribution in [0.25, 0.3) is 0 Å². The molecule has 232 valence electrons. The molecule has 0 heterocycles. The van der Waals surface area contributed by atoms with Crippen molar-refractivity contribution < 1.29 is 18.9 Å². The molecule has 1 atom stereocenters. The van der Waals surface area contributed by atoms with Gasteiger partial charge in [-0.1, -0.05) is 101 Å². The van der Waals surface area contributed by atoms with Crippen LogP contribution in [-0.2, 0) is 18.9 Å². The first-order valence-electron chi connectivity index (χ1n) is 16.3. The smallest absolute Gasteiger partial charge is 0.211 e. The minimum absolute atomic E-state index is 0.129. The predicted molar refractivity (Wildman–Crippen MR) is 178 cm³/mol. The van der Waals surface area contributed by atoms with E-state index in [-0.39, 0.29) is 18.1 Å². The van der Waals surface area contributed by atoms with Gasteiger partial charge in [0.1, 0.15) is 14.2 Å². The molecule has 2 aromatic rings. The van der Waals surface area contributed by atoms with Crippen molar-refractivity contribution in [2.24, 2.45) is 15.0 Å². The summed E-state index contributed by atoms with van der Waals surface area (Å²) in [6.45, 7) is 1.97. The van der Waals surface area contributed by atoms with Gasteiger partial charge >= 0.3 is 7.80 Å². The number of hydrogen-bond donors (Lipinski definition) is 0. The van der Waals surface area contributed by atoms with Gasteiger partial charge in [-0.15, -0.1) is 0 Å². The van der Waals surface area contributed by atoms with Crippen molar-refractivity contribution in [2.45, 2.75) is 119 Å². The molecule has 0 spiro atoms. The van der Waals surface area contributed by atoms with Gasteiger partial charge in [0.15, 0.2) is 5.66 Å². The third-order valence-electron chi connectivity index (χ3n) is 10.3. The van der Waals surface area contributed by atoms with Crippen LogP contribution < -0.4 is 10.4 Å². The lowest BCUT2D eigenvalue weighted by Crippen LogP contribution is -2.65. The lowest BCUT2D eigenvalue weighted by molar-refractivity contribution is 0.407. The van der Waals surface area contributed by atoms with Gasteiger partial charge in [0.05, 0.1) is 18.1 Å². The van der Waals surface area contributed by atoms with E-state index in [9.17, 15) is 18.9 Å². The molecule has 1 unspecified atom stereocenters. The fourth-order valence-electron chi connectivity index (χ4n) is 8.15. The van der Waals surface area contributed by atoms with Crippen molar-refractivity contribution in [1.29, 1.82) is 0 Å². The molecule has 7 nitrogen and oxygen atoms in total. The highest BCUT2D eigenvalue weighted by Gasteiger charge is 2.51. The third kappa shape index (κ3) is 8.33. The van der Waals surface area contributed by atoms with Gasteiger partial charge in [0.25, 0.3) is 0 Å². The van der Waals surface area contributed by atoms with Gasteiger partial charge in [-0.05, 0) is 69.4 Å². The highest BCUT2D eigenvalue weighted by Crippen LogP contribution is 2.48. The molecule has 0 aromatic heterocycles. The zero-order valence-corrected chi connectivity index (χ0v) is 27.7.